The Balaban J connectivity index is 1.59. The number of aromatic nitrogens is 2. The minimum absolute atomic E-state index is 0.0906. The summed E-state index contributed by atoms with van der Waals surface area (Å²) >= 11 is 6.34. The fraction of sp³-hybridized carbons (Fsp3) is 0.273. The molecule has 2 heterocycles. The lowest BCUT2D eigenvalue weighted by Gasteiger charge is -2.15. The average Bonchev–Trinajstić information content (AvgIpc) is 3.08. The zero-order valence-electron chi connectivity index (χ0n) is 16.3. The Morgan fingerprint density at radius 3 is 2.86 bits per heavy atom. The van der Waals surface area contributed by atoms with Gasteiger partial charge in [-0.25, -0.2) is 0 Å². The van der Waals surface area contributed by atoms with E-state index in [1.165, 1.54) is 4.68 Å². The van der Waals surface area contributed by atoms with Crippen LogP contribution in [0.2, 0.25) is 5.02 Å². The number of ether oxygens (including phenoxy) is 2. The smallest absolute Gasteiger partial charge is 0.292 e. The normalized spacial score (nSPS) is 14.9. The zero-order chi connectivity index (χ0) is 20.4. The maximum atomic E-state index is 12.6. The molecule has 0 amide bonds. The molecule has 4 rings (SSSR count). The summed E-state index contributed by atoms with van der Waals surface area (Å²) < 4.78 is 13.0. The second kappa shape index (κ2) is 8.17. The topological polar surface area (TPSA) is 65.4 Å². The SMILES string of the molecule is CCOc1cc2c(cc1CNc1cnn(-c3ccccc3)c(=O)c1Cl)O[C@H](C)C2. The predicted molar refractivity (Wildman–Crippen MR) is 114 cm³/mol. The molecule has 1 aliphatic rings. The minimum atomic E-state index is -0.376. The number of hydrogen-bond donors (Lipinski definition) is 1. The molecule has 0 aliphatic carbocycles. The van der Waals surface area contributed by atoms with Crippen LogP contribution in [0.4, 0.5) is 5.69 Å². The Morgan fingerprint density at radius 1 is 1.31 bits per heavy atom. The summed E-state index contributed by atoms with van der Waals surface area (Å²) in [6, 6.07) is 13.2. The summed E-state index contributed by atoms with van der Waals surface area (Å²) in [5, 5.41) is 7.55. The third-order valence-corrected chi connectivity index (χ3v) is 5.13. The highest BCUT2D eigenvalue weighted by Gasteiger charge is 2.22. The zero-order valence-corrected chi connectivity index (χ0v) is 17.1. The van der Waals surface area contributed by atoms with Crippen molar-refractivity contribution in [3.05, 3.63) is 75.2 Å². The minimum Gasteiger partial charge on any atom is -0.494 e. The van der Waals surface area contributed by atoms with Crippen LogP contribution in [-0.2, 0) is 13.0 Å². The lowest BCUT2D eigenvalue weighted by atomic mass is 10.1. The van der Waals surface area contributed by atoms with E-state index >= 15 is 0 Å². The summed E-state index contributed by atoms with van der Waals surface area (Å²) in [6.45, 7) is 4.99. The van der Waals surface area contributed by atoms with Gasteiger partial charge in [-0.1, -0.05) is 29.8 Å². The molecule has 3 aromatic rings. The van der Waals surface area contributed by atoms with Crippen LogP contribution >= 0.6 is 11.6 Å². The number of para-hydroxylation sites is 1. The third kappa shape index (κ3) is 3.93. The number of nitrogens with one attached hydrogen (secondary N) is 1. The molecule has 6 nitrogen and oxygen atoms in total. The second-order valence-corrected chi connectivity index (χ2v) is 7.29. The molecule has 2 aromatic carbocycles. The van der Waals surface area contributed by atoms with Crippen LogP contribution in [0, 0.1) is 0 Å². The van der Waals surface area contributed by atoms with Crippen LogP contribution < -0.4 is 20.3 Å². The van der Waals surface area contributed by atoms with Crippen molar-refractivity contribution in [2.45, 2.75) is 32.9 Å². The number of hydrogen-bond acceptors (Lipinski definition) is 5. The maximum Gasteiger partial charge on any atom is 0.292 e. The Hall–Kier alpha value is -2.99. The molecular weight excluding hydrogens is 390 g/mol. The number of nitrogens with zero attached hydrogens (tertiary/aromatic N) is 2. The second-order valence-electron chi connectivity index (χ2n) is 6.91. The van der Waals surface area contributed by atoms with Crippen molar-refractivity contribution >= 4 is 17.3 Å². The molecule has 0 radical (unpaired) electrons. The highest BCUT2D eigenvalue weighted by Crippen LogP contribution is 2.35. The van der Waals surface area contributed by atoms with E-state index in [1.807, 2.05) is 44.2 Å². The molecule has 1 aromatic heterocycles. The molecule has 0 fully saturated rings. The lowest BCUT2D eigenvalue weighted by molar-refractivity contribution is 0.254. The Kier molecular flexibility index (Phi) is 5.45. The van der Waals surface area contributed by atoms with Crippen LogP contribution in [0.25, 0.3) is 5.69 Å². The van der Waals surface area contributed by atoms with Crippen molar-refractivity contribution in [2.24, 2.45) is 0 Å². The summed E-state index contributed by atoms with van der Waals surface area (Å²) in [4.78, 5) is 12.6. The molecule has 29 heavy (non-hydrogen) atoms. The monoisotopic (exact) mass is 411 g/mol. The van der Waals surface area contributed by atoms with E-state index in [-0.39, 0.29) is 16.7 Å². The maximum absolute atomic E-state index is 12.6. The van der Waals surface area contributed by atoms with Crippen LogP contribution in [0.3, 0.4) is 0 Å². The van der Waals surface area contributed by atoms with Crippen molar-refractivity contribution in [3.63, 3.8) is 0 Å². The molecule has 0 saturated carbocycles. The predicted octanol–water partition coefficient (Wildman–Crippen LogP) is 4.22. The van der Waals surface area contributed by atoms with E-state index in [1.54, 1.807) is 18.3 Å². The van der Waals surface area contributed by atoms with E-state index in [0.717, 1.165) is 29.0 Å². The van der Waals surface area contributed by atoms with Crippen molar-refractivity contribution in [1.29, 1.82) is 0 Å². The Labute approximate surface area is 174 Å². The van der Waals surface area contributed by atoms with E-state index in [2.05, 4.69) is 10.4 Å². The van der Waals surface area contributed by atoms with Crippen LogP contribution in [-0.4, -0.2) is 22.5 Å². The number of fused-ring (bicyclic) bond motifs is 1. The van der Waals surface area contributed by atoms with Gasteiger partial charge in [-0.05, 0) is 38.1 Å². The molecule has 150 valence electrons. The van der Waals surface area contributed by atoms with E-state index in [0.29, 0.717) is 24.5 Å². The number of halogens is 1. The highest BCUT2D eigenvalue weighted by molar-refractivity contribution is 6.32. The standard InChI is InChI=1S/C22H22ClN3O3/c1-3-28-19-10-15-9-14(2)29-20(15)11-16(19)12-24-18-13-25-26(22(27)21(18)23)17-7-5-4-6-8-17/h4-8,10-11,13-14,24H,3,9,12H2,1-2H3/t14-/m1/s1. The summed E-state index contributed by atoms with van der Waals surface area (Å²) in [7, 11) is 0. The number of rotatable bonds is 6. The van der Waals surface area contributed by atoms with E-state index in [9.17, 15) is 4.79 Å². The number of anilines is 1. The van der Waals surface area contributed by atoms with Crippen molar-refractivity contribution in [3.8, 4) is 17.2 Å². The molecule has 0 unspecified atom stereocenters. The third-order valence-electron chi connectivity index (χ3n) is 4.77. The first kappa shape index (κ1) is 19.3. The quantitative estimate of drug-likeness (QED) is 0.657. The molecule has 7 heteroatoms. The molecule has 0 bridgehead atoms. The van der Waals surface area contributed by atoms with Gasteiger partial charge in [0.25, 0.3) is 5.56 Å². The fourth-order valence-corrected chi connectivity index (χ4v) is 3.60. The van der Waals surface area contributed by atoms with Gasteiger partial charge < -0.3 is 14.8 Å². The summed E-state index contributed by atoms with van der Waals surface area (Å²) in [5.41, 5.74) is 2.84. The molecule has 1 atom stereocenters. The van der Waals surface area contributed by atoms with Gasteiger partial charge >= 0.3 is 0 Å². The molecule has 0 spiro atoms. The van der Waals surface area contributed by atoms with Gasteiger partial charge in [-0.2, -0.15) is 9.78 Å². The van der Waals surface area contributed by atoms with Gasteiger partial charge in [0.05, 0.1) is 24.2 Å². The van der Waals surface area contributed by atoms with Gasteiger partial charge in [0.2, 0.25) is 0 Å². The first-order chi connectivity index (χ1) is 14.1. The van der Waals surface area contributed by atoms with E-state index < -0.39 is 0 Å². The van der Waals surface area contributed by atoms with Gasteiger partial charge in [-0.15, -0.1) is 0 Å². The Bertz CT molecular complexity index is 1080. The van der Waals surface area contributed by atoms with Crippen molar-refractivity contribution in [2.75, 3.05) is 11.9 Å². The number of benzene rings is 2. The fourth-order valence-electron chi connectivity index (χ4n) is 3.41. The van der Waals surface area contributed by atoms with Crippen LogP contribution in [0.5, 0.6) is 11.5 Å². The molecular formula is C22H22ClN3O3. The van der Waals surface area contributed by atoms with Crippen LogP contribution in [0.1, 0.15) is 25.0 Å². The first-order valence-electron chi connectivity index (χ1n) is 9.59. The summed E-state index contributed by atoms with van der Waals surface area (Å²) in [5.74, 6) is 1.68. The van der Waals surface area contributed by atoms with Crippen molar-refractivity contribution < 1.29 is 9.47 Å². The summed E-state index contributed by atoms with van der Waals surface area (Å²) in [6.07, 6.45) is 2.59. The molecule has 1 N–H and O–H groups in total. The molecule has 0 saturated heterocycles. The highest BCUT2D eigenvalue weighted by atomic mass is 35.5. The van der Waals surface area contributed by atoms with Gasteiger partial charge in [0, 0.05) is 24.1 Å². The van der Waals surface area contributed by atoms with Gasteiger partial charge in [0.15, 0.2) is 0 Å². The molecule has 1 aliphatic heterocycles. The largest absolute Gasteiger partial charge is 0.494 e. The lowest BCUT2D eigenvalue weighted by Crippen LogP contribution is -2.22. The van der Waals surface area contributed by atoms with Crippen molar-refractivity contribution in [1.82, 2.24) is 9.78 Å². The first-order valence-corrected chi connectivity index (χ1v) is 9.97. The average molecular weight is 412 g/mol. The van der Waals surface area contributed by atoms with Crippen LogP contribution in [0.15, 0.2) is 53.5 Å². The van der Waals surface area contributed by atoms with Gasteiger partial charge in [-0.3, -0.25) is 4.79 Å². The Morgan fingerprint density at radius 2 is 2.10 bits per heavy atom. The van der Waals surface area contributed by atoms with E-state index in [4.69, 9.17) is 21.1 Å². The van der Waals surface area contributed by atoms with Gasteiger partial charge in [0.1, 0.15) is 22.6 Å².